The molecule has 0 spiro atoms. The van der Waals surface area contributed by atoms with E-state index in [9.17, 15) is 14.0 Å². The molecule has 5 nitrogen and oxygen atoms in total. The summed E-state index contributed by atoms with van der Waals surface area (Å²) in [6.45, 7) is 2.55. The Hall–Kier alpha value is -1.95. The molecule has 1 atom stereocenters. The molecule has 1 aromatic rings. The number of carbonyl (C=O) groups excluding carboxylic acids is 2. The molecule has 146 valence electrons. The first-order chi connectivity index (χ1) is 13.1. The van der Waals surface area contributed by atoms with Gasteiger partial charge in [-0.2, -0.15) is 0 Å². The predicted molar refractivity (Wildman–Crippen MR) is 101 cm³/mol. The summed E-state index contributed by atoms with van der Waals surface area (Å²) < 4.78 is 13.4. The van der Waals surface area contributed by atoms with Crippen LogP contribution in [0.25, 0.3) is 0 Å². The monoisotopic (exact) mass is 373 g/mol. The van der Waals surface area contributed by atoms with E-state index in [-0.39, 0.29) is 17.9 Å². The van der Waals surface area contributed by atoms with Gasteiger partial charge in [-0.1, -0.05) is 18.9 Å². The van der Waals surface area contributed by atoms with E-state index in [2.05, 4.69) is 10.2 Å². The van der Waals surface area contributed by atoms with Crippen LogP contribution in [0, 0.1) is 11.7 Å². The van der Waals surface area contributed by atoms with Crippen LogP contribution >= 0.6 is 0 Å². The summed E-state index contributed by atoms with van der Waals surface area (Å²) in [5, 5.41) is 3.19. The van der Waals surface area contributed by atoms with Crippen LogP contribution in [0.5, 0.6) is 0 Å². The SMILES string of the molecule is O=C(NC1CC1)[C@@H](C1CCCC1)N1CCN(C(=O)c2cccc(F)c2)CC1. The number of hydrogen-bond acceptors (Lipinski definition) is 3. The molecule has 27 heavy (non-hydrogen) atoms. The van der Waals surface area contributed by atoms with Crippen LogP contribution in [0.4, 0.5) is 4.39 Å². The van der Waals surface area contributed by atoms with Gasteiger partial charge in [-0.3, -0.25) is 14.5 Å². The first kappa shape index (κ1) is 18.4. The van der Waals surface area contributed by atoms with E-state index in [1.807, 2.05) is 0 Å². The highest BCUT2D eigenvalue weighted by atomic mass is 19.1. The minimum Gasteiger partial charge on any atom is -0.352 e. The molecule has 0 bridgehead atoms. The topological polar surface area (TPSA) is 52.7 Å². The molecule has 3 aliphatic rings. The lowest BCUT2D eigenvalue weighted by Crippen LogP contribution is -2.58. The van der Waals surface area contributed by atoms with Crippen molar-refractivity contribution in [2.24, 2.45) is 5.92 Å². The Morgan fingerprint density at radius 2 is 1.74 bits per heavy atom. The summed E-state index contributed by atoms with van der Waals surface area (Å²) in [6, 6.07) is 6.16. The van der Waals surface area contributed by atoms with Crippen molar-refractivity contribution in [3.05, 3.63) is 35.6 Å². The maximum Gasteiger partial charge on any atom is 0.254 e. The van der Waals surface area contributed by atoms with Crippen LogP contribution < -0.4 is 5.32 Å². The molecule has 3 fully saturated rings. The van der Waals surface area contributed by atoms with Crippen molar-refractivity contribution in [2.45, 2.75) is 50.6 Å². The Morgan fingerprint density at radius 1 is 1.04 bits per heavy atom. The minimum atomic E-state index is -0.391. The Bertz CT molecular complexity index is 692. The summed E-state index contributed by atoms with van der Waals surface area (Å²) in [7, 11) is 0. The predicted octanol–water partition coefficient (Wildman–Crippen LogP) is 2.42. The Labute approximate surface area is 159 Å². The van der Waals surface area contributed by atoms with E-state index in [1.165, 1.54) is 25.0 Å². The van der Waals surface area contributed by atoms with Crippen molar-refractivity contribution in [3.63, 3.8) is 0 Å². The van der Waals surface area contributed by atoms with Crippen LogP contribution in [0.1, 0.15) is 48.9 Å². The quantitative estimate of drug-likeness (QED) is 0.862. The number of amides is 2. The van der Waals surface area contributed by atoms with E-state index in [1.54, 1.807) is 17.0 Å². The zero-order chi connectivity index (χ0) is 18.8. The van der Waals surface area contributed by atoms with Gasteiger partial charge in [0.25, 0.3) is 5.91 Å². The number of rotatable bonds is 5. The van der Waals surface area contributed by atoms with Crippen LogP contribution in [-0.2, 0) is 4.79 Å². The van der Waals surface area contributed by atoms with E-state index < -0.39 is 5.82 Å². The normalized spacial score (nSPS) is 22.6. The van der Waals surface area contributed by atoms with Gasteiger partial charge >= 0.3 is 0 Å². The van der Waals surface area contributed by atoms with E-state index in [0.29, 0.717) is 43.7 Å². The zero-order valence-corrected chi connectivity index (χ0v) is 15.7. The lowest BCUT2D eigenvalue weighted by Gasteiger charge is -2.40. The fourth-order valence-electron chi connectivity index (χ4n) is 4.47. The molecule has 6 heteroatoms. The Balaban J connectivity index is 1.39. The summed E-state index contributed by atoms with van der Waals surface area (Å²) in [5.41, 5.74) is 0.391. The molecule has 1 aromatic carbocycles. The summed E-state index contributed by atoms with van der Waals surface area (Å²) >= 11 is 0. The smallest absolute Gasteiger partial charge is 0.254 e. The van der Waals surface area contributed by atoms with Crippen LogP contribution in [0.15, 0.2) is 24.3 Å². The molecule has 2 amide bonds. The fourth-order valence-corrected chi connectivity index (χ4v) is 4.47. The first-order valence-electron chi connectivity index (χ1n) is 10.2. The van der Waals surface area contributed by atoms with Crippen LogP contribution in [0.2, 0.25) is 0 Å². The molecule has 1 saturated heterocycles. The van der Waals surface area contributed by atoms with E-state index in [4.69, 9.17) is 0 Å². The standard InChI is InChI=1S/C21H28FN3O2/c22-17-7-3-6-16(14-17)21(27)25-12-10-24(11-13-25)19(15-4-1-2-5-15)20(26)23-18-8-9-18/h3,6-7,14-15,18-19H,1-2,4-5,8-13H2,(H,23,26)/t19-/m1/s1. The average Bonchev–Trinajstić information content (AvgIpc) is 3.32. The number of halogens is 1. The van der Waals surface area contributed by atoms with Crippen molar-refractivity contribution in [1.82, 2.24) is 15.1 Å². The Kier molecular flexibility index (Phi) is 5.43. The van der Waals surface area contributed by atoms with Crippen LogP contribution in [-0.4, -0.2) is 59.9 Å². The highest BCUT2D eigenvalue weighted by Gasteiger charge is 2.39. The third-order valence-electron chi connectivity index (χ3n) is 6.11. The first-order valence-corrected chi connectivity index (χ1v) is 10.2. The summed E-state index contributed by atoms with van der Waals surface area (Å²) in [5.74, 6) is 0.0788. The molecule has 0 radical (unpaired) electrons. The molecule has 4 rings (SSSR count). The summed E-state index contributed by atoms with van der Waals surface area (Å²) in [6.07, 6.45) is 6.83. The molecular formula is C21H28FN3O2. The zero-order valence-electron chi connectivity index (χ0n) is 15.7. The van der Waals surface area contributed by atoms with Gasteiger partial charge in [-0.05, 0) is 49.8 Å². The third kappa shape index (κ3) is 4.32. The third-order valence-corrected chi connectivity index (χ3v) is 6.11. The molecule has 2 aliphatic carbocycles. The number of nitrogens with one attached hydrogen (secondary N) is 1. The second-order valence-corrected chi connectivity index (χ2v) is 8.11. The molecule has 0 unspecified atom stereocenters. The maximum absolute atomic E-state index is 13.4. The minimum absolute atomic E-state index is 0.0699. The van der Waals surface area contributed by atoms with Gasteiger partial charge in [-0.25, -0.2) is 4.39 Å². The molecule has 2 saturated carbocycles. The van der Waals surface area contributed by atoms with E-state index >= 15 is 0 Å². The lowest BCUT2D eigenvalue weighted by molar-refractivity contribution is -0.129. The number of piperazine rings is 1. The summed E-state index contributed by atoms with van der Waals surface area (Å²) in [4.78, 5) is 29.6. The second-order valence-electron chi connectivity index (χ2n) is 8.11. The van der Waals surface area contributed by atoms with Crippen molar-refractivity contribution >= 4 is 11.8 Å². The number of hydrogen-bond donors (Lipinski definition) is 1. The number of nitrogens with zero attached hydrogens (tertiary/aromatic N) is 2. The fraction of sp³-hybridized carbons (Fsp3) is 0.619. The van der Waals surface area contributed by atoms with Gasteiger partial charge in [0.2, 0.25) is 5.91 Å². The second kappa shape index (κ2) is 7.97. The van der Waals surface area contributed by atoms with Gasteiger partial charge in [0.05, 0.1) is 6.04 Å². The highest BCUT2D eigenvalue weighted by molar-refractivity contribution is 5.94. The van der Waals surface area contributed by atoms with Gasteiger partial charge in [0.1, 0.15) is 5.82 Å². The molecular weight excluding hydrogens is 345 g/mol. The van der Waals surface area contributed by atoms with Crippen molar-refractivity contribution in [3.8, 4) is 0 Å². The largest absolute Gasteiger partial charge is 0.352 e. The van der Waals surface area contributed by atoms with Gasteiger partial charge < -0.3 is 10.2 Å². The van der Waals surface area contributed by atoms with Crippen molar-refractivity contribution in [1.29, 1.82) is 0 Å². The van der Waals surface area contributed by atoms with Gasteiger partial charge in [-0.15, -0.1) is 0 Å². The highest BCUT2D eigenvalue weighted by Crippen LogP contribution is 2.32. The number of carbonyl (C=O) groups is 2. The van der Waals surface area contributed by atoms with Crippen molar-refractivity contribution < 1.29 is 14.0 Å². The maximum atomic E-state index is 13.4. The van der Waals surface area contributed by atoms with Gasteiger partial charge in [0.15, 0.2) is 0 Å². The molecule has 1 heterocycles. The molecule has 1 aliphatic heterocycles. The van der Waals surface area contributed by atoms with E-state index in [0.717, 1.165) is 25.7 Å². The van der Waals surface area contributed by atoms with Gasteiger partial charge in [0, 0.05) is 37.8 Å². The van der Waals surface area contributed by atoms with Crippen LogP contribution in [0.3, 0.4) is 0 Å². The van der Waals surface area contributed by atoms with Crippen molar-refractivity contribution in [2.75, 3.05) is 26.2 Å². The Morgan fingerprint density at radius 3 is 2.37 bits per heavy atom. The number of benzene rings is 1. The lowest BCUT2D eigenvalue weighted by atomic mass is 9.95. The molecule has 1 N–H and O–H groups in total. The average molecular weight is 373 g/mol. The molecule has 0 aromatic heterocycles.